The summed E-state index contributed by atoms with van der Waals surface area (Å²) in [6.45, 7) is 0. The van der Waals surface area contributed by atoms with Gasteiger partial charge in [0.2, 0.25) is 5.91 Å². The molecule has 0 aliphatic heterocycles. The summed E-state index contributed by atoms with van der Waals surface area (Å²) in [7, 11) is 1.58. The molecule has 2 N–H and O–H groups in total. The molecule has 1 fully saturated rings. The van der Waals surface area contributed by atoms with Gasteiger partial charge in [-0.2, -0.15) is 0 Å². The summed E-state index contributed by atoms with van der Waals surface area (Å²) in [4.78, 5) is 34.3. The lowest BCUT2D eigenvalue weighted by Gasteiger charge is -2.31. The SMILES string of the molecule is Cn1cc(NC(=O)C2CCC2C(=O)O)cc(Br)c1=O. The number of rotatable bonds is 3. The van der Waals surface area contributed by atoms with Crippen LogP contribution in [0.5, 0.6) is 0 Å². The molecule has 0 spiro atoms. The molecule has 1 saturated carbocycles. The van der Waals surface area contributed by atoms with Gasteiger partial charge in [0.25, 0.3) is 5.56 Å². The Balaban J connectivity index is 2.12. The molecule has 1 heterocycles. The second-order valence-corrected chi connectivity index (χ2v) is 5.46. The van der Waals surface area contributed by atoms with E-state index in [-0.39, 0.29) is 11.5 Å². The van der Waals surface area contributed by atoms with Crippen molar-refractivity contribution >= 4 is 33.5 Å². The zero-order chi connectivity index (χ0) is 14.2. The van der Waals surface area contributed by atoms with Crippen LogP contribution in [0.15, 0.2) is 21.5 Å². The number of hydrogen-bond donors (Lipinski definition) is 2. The number of hydrogen-bond acceptors (Lipinski definition) is 3. The molecule has 1 aromatic heterocycles. The van der Waals surface area contributed by atoms with Gasteiger partial charge in [-0.3, -0.25) is 14.4 Å². The number of carbonyl (C=O) groups excluding carboxylic acids is 1. The number of aryl methyl sites for hydroxylation is 1. The fourth-order valence-corrected chi connectivity index (χ4v) is 2.61. The molecule has 0 saturated heterocycles. The highest BCUT2D eigenvalue weighted by Gasteiger charge is 2.41. The minimum atomic E-state index is -0.937. The van der Waals surface area contributed by atoms with Gasteiger partial charge in [-0.1, -0.05) is 0 Å². The first-order valence-electron chi connectivity index (χ1n) is 5.80. The van der Waals surface area contributed by atoms with Crippen molar-refractivity contribution in [3.63, 3.8) is 0 Å². The third-order valence-electron chi connectivity index (χ3n) is 3.34. The Morgan fingerprint density at radius 2 is 2.05 bits per heavy atom. The maximum Gasteiger partial charge on any atom is 0.307 e. The van der Waals surface area contributed by atoms with Crippen LogP contribution >= 0.6 is 15.9 Å². The van der Waals surface area contributed by atoms with Gasteiger partial charge < -0.3 is 15.0 Å². The van der Waals surface area contributed by atoms with E-state index in [2.05, 4.69) is 21.2 Å². The lowest BCUT2D eigenvalue weighted by atomic mass is 9.73. The van der Waals surface area contributed by atoms with Crippen molar-refractivity contribution in [2.45, 2.75) is 12.8 Å². The third-order valence-corrected chi connectivity index (χ3v) is 3.90. The minimum Gasteiger partial charge on any atom is -0.481 e. The quantitative estimate of drug-likeness (QED) is 0.872. The molecule has 2 atom stereocenters. The van der Waals surface area contributed by atoms with Crippen molar-refractivity contribution in [1.82, 2.24) is 4.57 Å². The van der Waals surface area contributed by atoms with Crippen molar-refractivity contribution in [2.75, 3.05) is 5.32 Å². The van der Waals surface area contributed by atoms with Crippen molar-refractivity contribution in [2.24, 2.45) is 18.9 Å². The molecule has 7 heteroatoms. The Morgan fingerprint density at radius 1 is 1.42 bits per heavy atom. The van der Waals surface area contributed by atoms with Gasteiger partial charge in [0.1, 0.15) is 0 Å². The van der Waals surface area contributed by atoms with Crippen molar-refractivity contribution in [1.29, 1.82) is 0 Å². The highest BCUT2D eigenvalue weighted by Crippen LogP contribution is 2.35. The van der Waals surface area contributed by atoms with Gasteiger partial charge in [0.05, 0.1) is 22.0 Å². The molecule has 1 aliphatic rings. The van der Waals surface area contributed by atoms with E-state index in [0.717, 1.165) is 0 Å². The number of halogens is 1. The Labute approximate surface area is 117 Å². The topological polar surface area (TPSA) is 88.4 Å². The van der Waals surface area contributed by atoms with Gasteiger partial charge in [-0.15, -0.1) is 0 Å². The van der Waals surface area contributed by atoms with Crippen LogP contribution in [0.2, 0.25) is 0 Å². The molecular weight excluding hydrogens is 316 g/mol. The average molecular weight is 329 g/mol. The standard InChI is InChI=1S/C12H13BrN2O4/c1-15-5-6(4-9(13)11(15)17)14-10(16)7-2-3-8(7)12(18)19/h4-5,7-8H,2-3H2,1H3,(H,14,16)(H,18,19). The summed E-state index contributed by atoms with van der Waals surface area (Å²) in [5.74, 6) is -2.35. The summed E-state index contributed by atoms with van der Waals surface area (Å²) in [5.41, 5.74) is 0.264. The number of pyridine rings is 1. The van der Waals surface area contributed by atoms with E-state index in [1.54, 1.807) is 7.05 Å². The maximum absolute atomic E-state index is 11.9. The second kappa shape index (κ2) is 5.16. The van der Waals surface area contributed by atoms with Gasteiger partial charge in [-0.05, 0) is 34.8 Å². The van der Waals surface area contributed by atoms with Crippen LogP contribution in [0.4, 0.5) is 5.69 Å². The maximum atomic E-state index is 11.9. The molecular formula is C12H13BrN2O4. The molecule has 19 heavy (non-hydrogen) atoms. The first kappa shape index (κ1) is 13.8. The van der Waals surface area contributed by atoms with Crippen molar-refractivity contribution in [3.8, 4) is 0 Å². The van der Waals surface area contributed by atoms with E-state index < -0.39 is 17.8 Å². The number of nitrogens with one attached hydrogen (secondary N) is 1. The Hall–Kier alpha value is -1.63. The largest absolute Gasteiger partial charge is 0.481 e. The number of nitrogens with zero attached hydrogens (tertiary/aromatic N) is 1. The lowest BCUT2D eigenvalue weighted by molar-refractivity contribution is -0.151. The highest BCUT2D eigenvalue weighted by atomic mass is 79.9. The number of amides is 1. The van der Waals surface area contributed by atoms with Gasteiger partial charge in [0, 0.05) is 13.2 Å². The smallest absolute Gasteiger partial charge is 0.307 e. The Kier molecular flexibility index (Phi) is 3.75. The van der Waals surface area contributed by atoms with Crippen LogP contribution < -0.4 is 10.9 Å². The molecule has 0 aromatic carbocycles. The van der Waals surface area contributed by atoms with Crippen LogP contribution in [0, 0.1) is 11.8 Å². The monoisotopic (exact) mass is 328 g/mol. The van der Waals surface area contributed by atoms with E-state index in [0.29, 0.717) is 23.0 Å². The van der Waals surface area contributed by atoms with E-state index in [9.17, 15) is 14.4 Å². The van der Waals surface area contributed by atoms with Crippen LogP contribution in [-0.2, 0) is 16.6 Å². The average Bonchev–Trinajstić information content (AvgIpc) is 2.23. The van der Waals surface area contributed by atoms with E-state index >= 15 is 0 Å². The van der Waals surface area contributed by atoms with Crippen LogP contribution in [0.3, 0.4) is 0 Å². The molecule has 1 aromatic rings. The molecule has 1 amide bonds. The number of carboxylic acid groups (broad SMARTS) is 1. The summed E-state index contributed by atoms with van der Waals surface area (Å²) in [6, 6.07) is 1.51. The molecule has 2 unspecified atom stereocenters. The van der Waals surface area contributed by atoms with Crippen molar-refractivity contribution in [3.05, 3.63) is 27.1 Å². The number of anilines is 1. The number of carboxylic acids is 1. The van der Waals surface area contributed by atoms with E-state index in [1.165, 1.54) is 16.8 Å². The Bertz CT molecular complexity index is 570. The predicted molar refractivity (Wildman–Crippen MR) is 71.9 cm³/mol. The van der Waals surface area contributed by atoms with E-state index in [1.807, 2.05) is 0 Å². The fourth-order valence-electron chi connectivity index (χ4n) is 2.08. The summed E-state index contributed by atoms with van der Waals surface area (Å²) < 4.78 is 1.69. The first-order valence-corrected chi connectivity index (χ1v) is 6.59. The highest BCUT2D eigenvalue weighted by molar-refractivity contribution is 9.10. The van der Waals surface area contributed by atoms with Crippen LogP contribution in [0.25, 0.3) is 0 Å². The summed E-state index contributed by atoms with van der Waals surface area (Å²) in [5, 5.41) is 11.6. The van der Waals surface area contributed by atoms with Gasteiger partial charge in [0.15, 0.2) is 0 Å². The first-order chi connectivity index (χ1) is 8.90. The van der Waals surface area contributed by atoms with E-state index in [4.69, 9.17) is 5.11 Å². The third kappa shape index (κ3) is 2.70. The predicted octanol–water partition coefficient (Wildman–Crippen LogP) is 1.20. The molecule has 1 aliphatic carbocycles. The molecule has 6 nitrogen and oxygen atoms in total. The van der Waals surface area contributed by atoms with Crippen LogP contribution in [0.1, 0.15) is 12.8 Å². The zero-order valence-corrected chi connectivity index (χ0v) is 11.8. The van der Waals surface area contributed by atoms with Gasteiger partial charge in [-0.25, -0.2) is 0 Å². The number of carbonyl (C=O) groups is 2. The molecule has 2 rings (SSSR count). The molecule has 0 bridgehead atoms. The van der Waals surface area contributed by atoms with Crippen molar-refractivity contribution < 1.29 is 14.7 Å². The van der Waals surface area contributed by atoms with Crippen LogP contribution in [-0.4, -0.2) is 21.6 Å². The fraction of sp³-hybridized carbons (Fsp3) is 0.417. The second-order valence-electron chi connectivity index (χ2n) is 4.61. The normalized spacial score (nSPS) is 21.6. The summed E-state index contributed by atoms with van der Waals surface area (Å²) >= 11 is 3.11. The zero-order valence-electron chi connectivity index (χ0n) is 10.2. The van der Waals surface area contributed by atoms with Gasteiger partial charge >= 0.3 is 5.97 Å². The lowest BCUT2D eigenvalue weighted by Crippen LogP contribution is -2.41. The number of aromatic nitrogens is 1. The summed E-state index contributed by atoms with van der Waals surface area (Å²) in [6.07, 6.45) is 2.61. The molecule has 0 radical (unpaired) electrons. The minimum absolute atomic E-state index is 0.204. The number of aliphatic carboxylic acids is 1. The molecule has 102 valence electrons. The Morgan fingerprint density at radius 3 is 2.53 bits per heavy atom.